The van der Waals surface area contributed by atoms with E-state index in [2.05, 4.69) is 16.4 Å². The molecule has 19 heavy (non-hydrogen) atoms. The van der Waals surface area contributed by atoms with Crippen molar-refractivity contribution in [2.75, 3.05) is 0 Å². The van der Waals surface area contributed by atoms with Gasteiger partial charge in [0.05, 0.1) is 16.8 Å². The van der Waals surface area contributed by atoms with Gasteiger partial charge in [-0.3, -0.25) is 4.79 Å². The molecule has 1 N–H and O–H groups in total. The highest BCUT2D eigenvalue weighted by Crippen LogP contribution is 2.22. The van der Waals surface area contributed by atoms with Crippen molar-refractivity contribution < 1.29 is 4.79 Å². The normalized spacial score (nSPS) is 11.8. The standard InChI is InChI=1S/C13H13N3OS2/c1-3-11-15-8(2)12(19-11)13(17)16-9(7-14)10-5-4-6-18-10/h4-6,9H,3H2,1-2H3,(H,16,17). The molecule has 2 heterocycles. The van der Waals surface area contributed by atoms with Crippen molar-refractivity contribution in [3.05, 3.63) is 38.0 Å². The van der Waals surface area contributed by atoms with E-state index >= 15 is 0 Å². The summed E-state index contributed by atoms with van der Waals surface area (Å²) in [6.45, 7) is 3.82. The number of nitrogens with one attached hydrogen (secondary N) is 1. The smallest absolute Gasteiger partial charge is 0.264 e. The van der Waals surface area contributed by atoms with Gasteiger partial charge in [-0.15, -0.1) is 22.7 Å². The second-order valence-electron chi connectivity index (χ2n) is 3.93. The fourth-order valence-corrected chi connectivity index (χ4v) is 3.26. The highest BCUT2D eigenvalue weighted by atomic mass is 32.1. The number of thiophene rings is 1. The first-order valence-corrected chi connectivity index (χ1v) is 7.55. The number of carbonyl (C=O) groups is 1. The van der Waals surface area contributed by atoms with E-state index in [1.807, 2.05) is 31.4 Å². The van der Waals surface area contributed by atoms with Gasteiger partial charge in [0.15, 0.2) is 6.04 Å². The molecule has 98 valence electrons. The second kappa shape index (κ2) is 5.95. The number of hydrogen-bond donors (Lipinski definition) is 1. The molecule has 1 atom stereocenters. The van der Waals surface area contributed by atoms with Gasteiger partial charge in [0.2, 0.25) is 0 Å². The number of hydrogen-bond acceptors (Lipinski definition) is 5. The fraction of sp³-hybridized carbons (Fsp3) is 0.308. The van der Waals surface area contributed by atoms with Gasteiger partial charge in [0.1, 0.15) is 4.88 Å². The Morgan fingerprint density at radius 1 is 1.63 bits per heavy atom. The summed E-state index contributed by atoms with van der Waals surface area (Å²) in [5, 5.41) is 14.7. The van der Waals surface area contributed by atoms with Gasteiger partial charge in [0, 0.05) is 4.88 Å². The van der Waals surface area contributed by atoms with Crippen molar-refractivity contribution in [2.24, 2.45) is 0 Å². The zero-order chi connectivity index (χ0) is 13.8. The van der Waals surface area contributed by atoms with Crippen molar-refractivity contribution >= 4 is 28.6 Å². The lowest BCUT2D eigenvalue weighted by molar-refractivity contribution is 0.0949. The van der Waals surface area contributed by atoms with Crippen LogP contribution in [0.25, 0.3) is 0 Å². The van der Waals surface area contributed by atoms with E-state index in [0.717, 1.165) is 22.0 Å². The summed E-state index contributed by atoms with van der Waals surface area (Å²) in [7, 11) is 0. The Labute approximate surface area is 119 Å². The third kappa shape index (κ3) is 3.00. The first-order valence-electron chi connectivity index (χ1n) is 5.86. The molecule has 0 fully saturated rings. The van der Waals surface area contributed by atoms with E-state index in [4.69, 9.17) is 5.26 Å². The minimum atomic E-state index is -0.598. The SMILES string of the molecule is CCc1nc(C)c(C(=O)NC(C#N)c2cccs2)s1. The second-order valence-corrected chi connectivity index (χ2v) is 5.99. The number of carbonyl (C=O) groups excluding carboxylic acids is 1. The zero-order valence-corrected chi connectivity index (χ0v) is 12.3. The van der Waals surface area contributed by atoms with Crippen molar-refractivity contribution in [1.29, 1.82) is 5.26 Å². The molecule has 4 nitrogen and oxygen atoms in total. The summed E-state index contributed by atoms with van der Waals surface area (Å²) >= 11 is 2.85. The van der Waals surface area contributed by atoms with Crippen LogP contribution in [0.5, 0.6) is 0 Å². The lowest BCUT2D eigenvalue weighted by Crippen LogP contribution is -2.26. The van der Waals surface area contributed by atoms with Gasteiger partial charge in [0.25, 0.3) is 5.91 Å². The Morgan fingerprint density at radius 2 is 2.42 bits per heavy atom. The van der Waals surface area contributed by atoms with Crippen molar-refractivity contribution in [3.63, 3.8) is 0 Å². The summed E-state index contributed by atoms with van der Waals surface area (Å²) in [5.74, 6) is -0.227. The van der Waals surface area contributed by atoms with Crippen molar-refractivity contribution in [3.8, 4) is 6.07 Å². The predicted octanol–water partition coefficient (Wildman–Crippen LogP) is 3.07. The van der Waals surface area contributed by atoms with Crippen LogP contribution in [0.1, 0.15) is 38.2 Å². The van der Waals surface area contributed by atoms with Gasteiger partial charge in [-0.05, 0) is 24.8 Å². The largest absolute Gasteiger partial charge is 0.331 e. The van der Waals surface area contributed by atoms with Crippen LogP contribution in [-0.2, 0) is 6.42 Å². The summed E-state index contributed by atoms with van der Waals surface area (Å²) < 4.78 is 0. The topological polar surface area (TPSA) is 65.8 Å². The Balaban J connectivity index is 2.16. The third-order valence-electron chi connectivity index (χ3n) is 2.58. The van der Waals surface area contributed by atoms with E-state index in [9.17, 15) is 4.79 Å². The van der Waals surface area contributed by atoms with Crippen molar-refractivity contribution in [1.82, 2.24) is 10.3 Å². The van der Waals surface area contributed by atoms with Crippen LogP contribution in [0.3, 0.4) is 0 Å². The summed E-state index contributed by atoms with van der Waals surface area (Å²) in [4.78, 5) is 17.9. The molecular formula is C13H13N3OS2. The van der Waals surface area contributed by atoms with Crippen LogP contribution < -0.4 is 5.32 Å². The molecule has 0 bridgehead atoms. The van der Waals surface area contributed by atoms with Crippen LogP contribution in [0, 0.1) is 18.3 Å². The lowest BCUT2D eigenvalue weighted by atomic mass is 10.2. The summed E-state index contributed by atoms with van der Waals surface area (Å²) in [6.07, 6.45) is 0.811. The average Bonchev–Trinajstić information content (AvgIpc) is 3.04. The number of thiazole rings is 1. The van der Waals surface area contributed by atoms with Gasteiger partial charge >= 0.3 is 0 Å². The Hall–Kier alpha value is -1.71. The van der Waals surface area contributed by atoms with Crippen LogP contribution >= 0.6 is 22.7 Å². The molecule has 0 aliphatic heterocycles. The number of amides is 1. The molecule has 0 aliphatic rings. The quantitative estimate of drug-likeness (QED) is 0.941. The summed E-state index contributed by atoms with van der Waals surface area (Å²) in [6, 6.07) is 5.22. The molecule has 0 saturated carbocycles. The van der Waals surface area contributed by atoms with E-state index in [1.165, 1.54) is 22.7 Å². The number of nitriles is 1. The number of aromatic nitrogens is 1. The van der Waals surface area contributed by atoms with E-state index < -0.39 is 6.04 Å². The first kappa shape index (κ1) is 13.7. The van der Waals surface area contributed by atoms with E-state index in [-0.39, 0.29) is 5.91 Å². The molecule has 0 radical (unpaired) electrons. The van der Waals surface area contributed by atoms with Gasteiger partial charge in [-0.2, -0.15) is 5.26 Å². The molecule has 2 aromatic heterocycles. The minimum absolute atomic E-state index is 0.227. The zero-order valence-electron chi connectivity index (χ0n) is 10.6. The van der Waals surface area contributed by atoms with Crippen LogP contribution in [0.4, 0.5) is 0 Å². The molecular weight excluding hydrogens is 278 g/mol. The molecule has 1 unspecified atom stereocenters. The van der Waals surface area contributed by atoms with Gasteiger partial charge < -0.3 is 5.32 Å². The van der Waals surface area contributed by atoms with E-state index in [0.29, 0.717) is 4.88 Å². The summed E-state index contributed by atoms with van der Waals surface area (Å²) in [5.41, 5.74) is 0.724. The molecule has 6 heteroatoms. The first-order chi connectivity index (χ1) is 9.15. The third-order valence-corrected chi connectivity index (χ3v) is 4.82. The van der Waals surface area contributed by atoms with Crippen LogP contribution in [0.15, 0.2) is 17.5 Å². The maximum absolute atomic E-state index is 12.2. The monoisotopic (exact) mass is 291 g/mol. The molecule has 1 amide bonds. The Kier molecular flexibility index (Phi) is 4.30. The molecule has 2 aromatic rings. The Morgan fingerprint density at radius 3 is 2.95 bits per heavy atom. The predicted molar refractivity (Wildman–Crippen MR) is 76.4 cm³/mol. The molecule has 0 spiro atoms. The highest BCUT2D eigenvalue weighted by molar-refractivity contribution is 7.13. The maximum atomic E-state index is 12.2. The maximum Gasteiger partial charge on any atom is 0.264 e. The average molecular weight is 291 g/mol. The number of rotatable bonds is 4. The fourth-order valence-electron chi connectivity index (χ4n) is 1.63. The van der Waals surface area contributed by atoms with Crippen LogP contribution in [-0.4, -0.2) is 10.9 Å². The minimum Gasteiger partial charge on any atom is -0.331 e. The van der Waals surface area contributed by atoms with E-state index in [1.54, 1.807) is 0 Å². The van der Waals surface area contributed by atoms with Crippen molar-refractivity contribution in [2.45, 2.75) is 26.3 Å². The van der Waals surface area contributed by atoms with Gasteiger partial charge in [-0.1, -0.05) is 13.0 Å². The number of nitrogens with zero attached hydrogens (tertiary/aromatic N) is 2. The highest BCUT2D eigenvalue weighted by Gasteiger charge is 2.19. The number of aryl methyl sites for hydroxylation is 2. The lowest BCUT2D eigenvalue weighted by Gasteiger charge is -2.08. The Bertz CT molecular complexity index is 610. The molecule has 2 rings (SSSR count). The van der Waals surface area contributed by atoms with Gasteiger partial charge in [-0.25, -0.2) is 4.98 Å². The molecule has 0 aromatic carbocycles. The van der Waals surface area contributed by atoms with Crippen LogP contribution in [0.2, 0.25) is 0 Å². The molecule has 0 saturated heterocycles. The molecule has 0 aliphatic carbocycles.